The normalized spacial score (nSPS) is 9.67. The number of rotatable bonds is 4. The second-order valence-corrected chi connectivity index (χ2v) is 3.88. The van der Waals surface area contributed by atoms with E-state index in [2.05, 4.69) is 0 Å². The molecule has 0 amide bonds. The lowest BCUT2D eigenvalue weighted by Crippen LogP contribution is -1.99. The molecule has 0 aromatic heterocycles. The van der Waals surface area contributed by atoms with Crippen LogP contribution in [0, 0.1) is 31.6 Å². The van der Waals surface area contributed by atoms with Crippen molar-refractivity contribution in [1.29, 1.82) is 5.26 Å². The average Bonchev–Trinajstić information content (AvgIpc) is 2.47. The van der Waals surface area contributed by atoms with Gasteiger partial charge in [0.25, 0.3) is 5.75 Å². The van der Waals surface area contributed by atoms with E-state index >= 15 is 0 Å². The molecule has 2 aromatic carbocycles. The van der Waals surface area contributed by atoms with Crippen molar-refractivity contribution < 1.29 is 14.6 Å². The molecule has 0 fully saturated rings. The van der Waals surface area contributed by atoms with Gasteiger partial charge in [-0.3, -0.25) is 20.2 Å². The number of hydrogen-bond acceptors (Lipinski definition) is 6. The zero-order chi connectivity index (χ0) is 15.4. The molecule has 0 radical (unpaired) electrons. The van der Waals surface area contributed by atoms with Crippen LogP contribution >= 0.6 is 0 Å². The highest BCUT2D eigenvalue weighted by Crippen LogP contribution is 2.40. The molecule has 2 rings (SSSR count). The second kappa shape index (κ2) is 5.66. The van der Waals surface area contributed by atoms with Gasteiger partial charge >= 0.3 is 11.4 Å². The predicted molar refractivity (Wildman–Crippen MR) is 71.0 cm³/mol. The topological polar surface area (TPSA) is 119 Å². The molecule has 0 aliphatic carbocycles. The molecule has 0 N–H and O–H groups in total. The fraction of sp³-hybridized carbons (Fsp3) is 0. The summed E-state index contributed by atoms with van der Waals surface area (Å²) in [6, 6.07) is 11.5. The molecule has 0 bridgehead atoms. The van der Waals surface area contributed by atoms with Gasteiger partial charge in [-0.2, -0.15) is 5.26 Å². The molecule has 104 valence electrons. The van der Waals surface area contributed by atoms with Crippen molar-refractivity contribution in [3.63, 3.8) is 0 Å². The van der Waals surface area contributed by atoms with E-state index in [-0.39, 0.29) is 11.3 Å². The molecule has 0 saturated heterocycles. The van der Waals surface area contributed by atoms with Crippen molar-refractivity contribution in [2.24, 2.45) is 0 Å². The Labute approximate surface area is 118 Å². The minimum atomic E-state index is -0.827. The largest absolute Gasteiger partial charge is 0.444 e. The van der Waals surface area contributed by atoms with Crippen LogP contribution in [-0.2, 0) is 0 Å². The Morgan fingerprint density at radius 1 is 1.00 bits per heavy atom. The van der Waals surface area contributed by atoms with Crippen molar-refractivity contribution >= 4 is 11.4 Å². The van der Waals surface area contributed by atoms with Gasteiger partial charge in [0.05, 0.1) is 21.5 Å². The van der Waals surface area contributed by atoms with E-state index in [0.29, 0.717) is 0 Å². The third-order valence-corrected chi connectivity index (χ3v) is 2.54. The quantitative estimate of drug-likeness (QED) is 0.628. The molecular weight excluding hydrogens is 278 g/mol. The van der Waals surface area contributed by atoms with Crippen LogP contribution in [-0.4, -0.2) is 9.85 Å². The highest BCUT2D eigenvalue weighted by atomic mass is 16.6. The number of nitro groups is 2. The maximum Gasteiger partial charge on any atom is 0.320 e. The molecule has 0 aliphatic heterocycles. The molecular formula is C13H7N3O5. The summed E-state index contributed by atoms with van der Waals surface area (Å²) in [5.74, 6) is -0.288. The fourth-order valence-electron chi connectivity index (χ4n) is 1.65. The van der Waals surface area contributed by atoms with Gasteiger partial charge in [-0.05, 0) is 12.1 Å². The van der Waals surface area contributed by atoms with E-state index in [0.717, 1.165) is 12.1 Å². The van der Waals surface area contributed by atoms with Gasteiger partial charge in [0.2, 0.25) is 0 Å². The van der Waals surface area contributed by atoms with Crippen molar-refractivity contribution in [3.8, 4) is 17.6 Å². The first kappa shape index (κ1) is 14.0. The number of para-hydroxylation sites is 1. The van der Waals surface area contributed by atoms with E-state index in [1.165, 1.54) is 12.1 Å². The predicted octanol–water partition coefficient (Wildman–Crippen LogP) is 3.17. The molecule has 21 heavy (non-hydrogen) atoms. The SMILES string of the molecule is N#Cc1cc([N+](=O)[O-])c(Oc2ccccc2)c([N+](=O)[O-])c1. The van der Waals surface area contributed by atoms with Gasteiger partial charge in [0, 0.05) is 12.1 Å². The molecule has 8 nitrogen and oxygen atoms in total. The van der Waals surface area contributed by atoms with E-state index in [1.54, 1.807) is 24.3 Å². The van der Waals surface area contributed by atoms with E-state index in [1.807, 2.05) is 0 Å². The lowest BCUT2D eigenvalue weighted by Gasteiger charge is -2.07. The van der Waals surface area contributed by atoms with E-state index in [9.17, 15) is 20.2 Å². The van der Waals surface area contributed by atoms with Crippen LogP contribution in [0.5, 0.6) is 11.5 Å². The number of benzene rings is 2. The van der Waals surface area contributed by atoms with Gasteiger partial charge in [0.15, 0.2) is 0 Å². The summed E-state index contributed by atoms with van der Waals surface area (Å²) in [4.78, 5) is 20.4. The first-order valence-electron chi connectivity index (χ1n) is 5.62. The fourth-order valence-corrected chi connectivity index (χ4v) is 1.65. The summed E-state index contributed by atoms with van der Waals surface area (Å²) in [6.07, 6.45) is 0. The summed E-state index contributed by atoms with van der Waals surface area (Å²) in [6.45, 7) is 0. The Hall–Kier alpha value is -3.47. The maximum absolute atomic E-state index is 11.0. The molecule has 0 atom stereocenters. The second-order valence-electron chi connectivity index (χ2n) is 3.88. The Morgan fingerprint density at radius 3 is 1.95 bits per heavy atom. The minimum absolute atomic E-state index is 0.186. The molecule has 8 heteroatoms. The van der Waals surface area contributed by atoms with Crippen LogP contribution in [0.4, 0.5) is 11.4 Å². The van der Waals surface area contributed by atoms with Crippen molar-refractivity contribution in [1.82, 2.24) is 0 Å². The van der Waals surface area contributed by atoms with Gasteiger partial charge in [-0.15, -0.1) is 0 Å². The highest BCUT2D eigenvalue weighted by molar-refractivity contribution is 5.65. The lowest BCUT2D eigenvalue weighted by atomic mass is 10.1. The van der Waals surface area contributed by atoms with Crippen LogP contribution in [0.15, 0.2) is 42.5 Å². The van der Waals surface area contributed by atoms with Gasteiger partial charge < -0.3 is 4.74 Å². The lowest BCUT2D eigenvalue weighted by molar-refractivity contribution is -0.395. The number of nitro benzene ring substituents is 2. The summed E-state index contributed by atoms with van der Waals surface area (Å²) in [5, 5.41) is 30.9. The van der Waals surface area contributed by atoms with Gasteiger partial charge in [-0.25, -0.2) is 0 Å². The third kappa shape index (κ3) is 2.93. The first-order chi connectivity index (χ1) is 10.0. The van der Waals surface area contributed by atoms with Crippen LogP contribution in [0.1, 0.15) is 5.56 Å². The summed E-state index contributed by atoms with van der Waals surface area (Å²) < 4.78 is 5.27. The first-order valence-corrected chi connectivity index (χ1v) is 5.62. The van der Waals surface area contributed by atoms with Gasteiger partial charge in [0.1, 0.15) is 5.75 Å². The maximum atomic E-state index is 11.0. The highest BCUT2D eigenvalue weighted by Gasteiger charge is 2.29. The molecule has 0 heterocycles. The standard InChI is InChI=1S/C13H7N3O5/c14-8-9-6-11(15(17)18)13(12(7-9)16(19)20)21-10-4-2-1-3-5-10/h1-7H. The zero-order valence-corrected chi connectivity index (χ0v) is 10.4. The smallest absolute Gasteiger partial charge is 0.320 e. The number of nitrogens with zero attached hydrogens (tertiary/aromatic N) is 3. The van der Waals surface area contributed by atoms with Gasteiger partial charge in [-0.1, -0.05) is 18.2 Å². The monoisotopic (exact) mass is 285 g/mol. The Kier molecular flexibility index (Phi) is 3.76. The van der Waals surface area contributed by atoms with E-state index < -0.39 is 27.0 Å². The summed E-state index contributed by atoms with van der Waals surface area (Å²) in [7, 11) is 0. The Morgan fingerprint density at radius 2 is 1.52 bits per heavy atom. The zero-order valence-electron chi connectivity index (χ0n) is 10.4. The number of nitriles is 1. The minimum Gasteiger partial charge on any atom is -0.444 e. The van der Waals surface area contributed by atoms with Crippen molar-refractivity contribution in [3.05, 3.63) is 68.3 Å². The van der Waals surface area contributed by atoms with Crippen molar-refractivity contribution in [2.45, 2.75) is 0 Å². The molecule has 0 saturated carbocycles. The molecule has 0 aliphatic rings. The van der Waals surface area contributed by atoms with Crippen LogP contribution < -0.4 is 4.74 Å². The molecule has 2 aromatic rings. The Balaban J connectivity index is 2.64. The van der Waals surface area contributed by atoms with E-state index in [4.69, 9.17) is 10.00 Å². The summed E-state index contributed by atoms with van der Waals surface area (Å²) >= 11 is 0. The third-order valence-electron chi connectivity index (χ3n) is 2.54. The number of ether oxygens (including phenoxy) is 1. The average molecular weight is 285 g/mol. The van der Waals surface area contributed by atoms with Crippen LogP contribution in [0.2, 0.25) is 0 Å². The molecule has 0 unspecified atom stereocenters. The molecule has 0 spiro atoms. The van der Waals surface area contributed by atoms with Crippen molar-refractivity contribution in [2.75, 3.05) is 0 Å². The van der Waals surface area contributed by atoms with Crippen LogP contribution in [0.25, 0.3) is 0 Å². The summed E-state index contributed by atoms with van der Waals surface area (Å²) in [5.41, 5.74) is -1.46. The number of hydrogen-bond donors (Lipinski definition) is 0. The van der Waals surface area contributed by atoms with Crippen LogP contribution in [0.3, 0.4) is 0 Å². The Bertz CT molecular complexity index is 717.